The van der Waals surface area contributed by atoms with Crippen molar-refractivity contribution in [2.45, 2.75) is 12.7 Å². The van der Waals surface area contributed by atoms with Gasteiger partial charge in [-0.3, -0.25) is 14.9 Å². The largest absolute Gasteiger partial charge is 0.497 e. The van der Waals surface area contributed by atoms with Gasteiger partial charge in [0.1, 0.15) is 11.5 Å². The molecule has 9 nitrogen and oxygen atoms in total. The van der Waals surface area contributed by atoms with Crippen LogP contribution >= 0.6 is 11.8 Å². The Kier molecular flexibility index (Phi) is 7.36. The Morgan fingerprint density at radius 1 is 1.12 bits per heavy atom. The zero-order chi connectivity index (χ0) is 24.1. The van der Waals surface area contributed by atoms with Crippen LogP contribution in [0.15, 0.2) is 52.9 Å². The molecule has 1 aliphatic heterocycles. The lowest BCUT2D eigenvalue weighted by molar-refractivity contribution is -0.384. The lowest BCUT2D eigenvalue weighted by Crippen LogP contribution is -2.49. The van der Waals surface area contributed by atoms with Crippen molar-refractivity contribution < 1.29 is 18.9 Å². The normalized spacial score (nSPS) is 13.7. The maximum atomic E-state index is 12.7. The molecule has 0 bridgehead atoms. The van der Waals surface area contributed by atoms with Crippen LogP contribution in [-0.2, 0) is 10.5 Å². The summed E-state index contributed by atoms with van der Waals surface area (Å²) in [5.74, 6) is 3.16. The number of carbonyl (C=O) groups is 1. The SMILES string of the molecule is COc1ccc(-c2nc(CSCC(=O)N3CCN(c4ccc([N+](=O)[O-])cc4)CC3)c(C)o2)cc1. The van der Waals surface area contributed by atoms with Crippen molar-refractivity contribution in [1.29, 1.82) is 0 Å². The predicted octanol–water partition coefficient (Wildman–Crippen LogP) is 4.15. The highest BCUT2D eigenvalue weighted by molar-refractivity contribution is 7.99. The van der Waals surface area contributed by atoms with Crippen LogP contribution in [0.1, 0.15) is 11.5 Å². The first-order valence-corrected chi connectivity index (χ1v) is 12.1. The molecule has 1 saturated heterocycles. The number of nitro benzene ring substituents is 1. The molecule has 1 amide bonds. The number of thioether (sulfide) groups is 1. The molecule has 1 fully saturated rings. The summed E-state index contributed by atoms with van der Waals surface area (Å²) in [7, 11) is 1.62. The van der Waals surface area contributed by atoms with Crippen LogP contribution in [0.3, 0.4) is 0 Å². The first-order valence-electron chi connectivity index (χ1n) is 10.9. The number of aromatic nitrogens is 1. The fraction of sp³-hybridized carbons (Fsp3) is 0.333. The second-order valence-corrected chi connectivity index (χ2v) is 8.87. The average Bonchev–Trinajstić information content (AvgIpc) is 3.24. The molecule has 0 radical (unpaired) electrons. The van der Waals surface area contributed by atoms with E-state index in [0.717, 1.165) is 28.5 Å². The van der Waals surface area contributed by atoms with Crippen molar-refractivity contribution in [1.82, 2.24) is 9.88 Å². The summed E-state index contributed by atoms with van der Waals surface area (Å²) >= 11 is 1.53. The van der Waals surface area contributed by atoms with Crippen molar-refractivity contribution >= 4 is 29.0 Å². The van der Waals surface area contributed by atoms with E-state index >= 15 is 0 Å². The lowest BCUT2D eigenvalue weighted by atomic mass is 10.2. The minimum absolute atomic E-state index is 0.0769. The number of nitro groups is 1. The van der Waals surface area contributed by atoms with E-state index in [1.807, 2.05) is 36.1 Å². The van der Waals surface area contributed by atoms with Crippen molar-refractivity contribution in [3.8, 4) is 17.2 Å². The van der Waals surface area contributed by atoms with E-state index in [1.165, 1.54) is 23.9 Å². The Hall–Kier alpha value is -3.53. The van der Waals surface area contributed by atoms with Crippen LogP contribution in [0, 0.1) is 17.0 Å². The monoisotopic (exact) mass is 482 g/mol. The van der Waals surface area contributed by atoms with Crippen LogP contribution in [-0.4, -0.2) is 59.8 Å². The fourth-order valence-electron chi connectivity index (χ4n) is 3.74. The summed E-state index contributed by atoms with van der Waals surface area (Å²) in [4.78, 5) is 31.7. The molecule has 0 spiro atoms. The summed E-state index contributed by atoms with van der Waals surface area (Å²) in [5.41, 5.74) is 2.73. The van der Waals surface area contributed by atoms with E-state index in [2.05, 4.69) is 9.88 Å². The van der Waals surface area contributed by atoms with Crippen LogP contribution in [0.4, 0.5) is 11.4 Å². The number of anilines is 1. The number of carbonyl (C=O) groups excluding carboxylic acids is 1. The van der Waals surface area contributed by atoms with Crippen LogP contribution in [0.25, 0.3) is 11.5 Å². The third-order valence-electron chi connectivity index (χ3n) is 5.75. The Morgan fingerprint density at radius 3 is 2.41 bits per heavy atom. The van der Waals surface area contributed by atoms with Crippen molar-refractivity contribution in [3.63, 3.8) is 0 Å². The molecule has 178 valence electrons. The third-order valence-corrected chi connectivity index (χ3v) is 6.68. The summed E-state index contributed by atoms with van der Waals surface area (Å²) < 4.78 is 11.0. The molecule has 10 heteroatoms. The molecule has 34 heavy (non-hydrogen) atoms. The summed E-state index contributed by atoms with van der Waals surface area (Å²) in [6.45, 7) is 4.53. The molecule has 0 N–H and O–H groups in total. The van der Waals surface area contributed by atoms with Gasteiger partial charge < -0.3 is 19.0 Å². The molecule has 4 rings (SSSR count). The molecule has 3 aromatic rings. The van der Waals surface area contributed by atoms with Gasteiger partial charge in [0.25, 0.3) is 5.69 Å². The number of non-ortho nitro benzene ring substituents is 1. The van der Waals surface area contributed by atoms with Gasteiger partial charge >= 0.3 is 0 Å². The molecule has 1 aromatic heterocycles. The number of rotatable bonds is 8. The minimum Gasteiger partial charge on any atom is -0.497 e. The maximum absolute atomic E-state index is 12.7. The molecule has 0 unspecified atom stereocenters. The zero-order valence-corrected chi connectivity index (χ0v) is 19.9. The van der Waals surface area contributed by atoms with Gasteiger partial charge in [-0.25, -0.2) is 4.98 Å². The molecule has 0 aliphatic carbocycles. The van der Waals surface area contributed by atoms with Gasteiger partial charge in [0.05, 0.1) is 23.5 Å². The Labute approximate surface area is 201 Å². The van der Waals surface area contributed by atoms with Gasteiger partial charge in [-0.15, -0.1) is 11.8 Å². The minimum atomic E-state index is -0.404. The van der Waals surface area contributed by atoms with E-state index in [0.29, 0.717) is 43.6 Å². The van der Waals surface area contributed by atoms with Crippen molar-refractivity contribution in [3.05, 3.63) is 70.1 Å². The number of hydrogen-bond donors (Lipinski definition) is 0. The zero-order valence-electron chi connectivity index (χ0n) is 19.1. The molecule has 1 aliphatic rings. The van der Waals surface area contributed by atoms with E-state index in [4.69, 9.17) is 9.15 Å². The van der Waals surface area contributed by atoms with Gasteiger partial charge in [-0.1, -0.05) is 0 Å². The smallest absolute Gasteiger partial charge is 0.269 e. The number of benzene rings is 2. The Balaban J connectivity index is 1.24. The van der Waals surface area contributed by atoms with E-state index in [-0.39, 0.29) is 11.6 Å². The second kappa shape index (κ2) is 10.6. The second-order valence-electron chi connectivity index (χ2n) is 7.88. The Bertz CT molecular complexity index is 1140. The van der Waals surface area contributed by atoms with Crippen molar-refractivity contribution in [2.75, 3.05) is 43.9 Å². The molecule has 0 atom stereocenters. The standard InChI is InChI=1S/C24H26N4O5S/c1-17-22(25-24(33-17)18-3-9-21(32-2)10-4-18)15-34-16-23(29)27-13-11-26(12-14-27)19-5-7-20(8-6-19)28(30)31/h3-10H,11-16H2,1-2H3. The summed E-state index contributed by atoms with van der Waals surface area (Å²) in [6.07, 6.45) is 0. The maximum Gasteiger partial charge on any atom is 0.269 e. The van der Waals surface area contributed by atoms with Crippen molar-refractivity contribution in [2.24, 2.45) is 0 Å². The number of piperazine rings is 1. The third kappa shape index (κ3) is 5.51. The highest BCUT2D eigenvalue weighted by atomic mass is 32.2. The van der Waals surface area contributed by atoms with Gasteiger partial charge in [0.2, 0.25) is 11.8 Å². The number of nitrogens with zero attached hydrogens (tertiary/aromatic N) is 4. The molecule has 2 aromatic carbocycles. The van der Waals surface area contributed by atoms with E-state index < -0.39 is 4.92 Å². The summed E-state index contributed by atoms with van der Waals surface area (Å²) in [5, 5.41) is 10.8. The average molecular weight is 483 g/mol. The van der Waals surface area contributed by atoms with Crippen LogP contribution in [0.2, 0.25) is 0 Å². The highest BCUT2D eigenvalue weighted by Crippen LogP contribution is 2.26. The number of oxazole rings is 1. The number of ether oxygens (including phenoxy) is 1. The Morgan fingerprint density at radius 2 is 1.79 bits per heavy atom. The number of methoxy groups -OCH3 is 1. The lowest BCUT2D eigenvalue weighted by Gasteiger charge is -2.36. The van der Waals surface area contributed by atoms with Gasteiger partial charge in [0.15, 0.2) is 0 Å². The van der Waals surface area contributed by atoms with Gasteiger partial charge in [0, 0.05) is 55.3 Å². The first kappa shape index (κ1) is 23.6. The quantitative estimate of drug-likeness (QED) is 0.349. The van der Waals surface area contributed by atoms with Gasteiger partial charge in [-0.05, 0) is 43.3 Å². The highest BCUT2D eigenvalue weighted by Gasteiger charge is 2.22. The number of hydrogen-bond acceptors (Lipinski definition) is 8. The van der Waals surface area contributed by atoms with Gasteiger partial charge in [-0.2, -0.15) is 0 Å². The summed E-state index contributed by atoms with van der Waals surface area (Å²) in [6, 6.07) is 14.1. The van der Waals surface area contributed by atoms with Crippen LogP contribution in [0.5, 0.6) is 5.75 Å². The fourth-order valence-corrected chi connectivity index (χ4v) is 4.66. The van der Waals surface area contributed by atoms with Crippen LogP contribution < -0.4 is 9.64 Å². The topological polar surface area (TPSA) is 102 Å². The molecule has 0 saturated carbocycles. The predicted molar refractivity (Wildman–Crippen MR) is 131 cm³/mol. The molecular formula is C24H26N4O5S. The number of aryl methyl sites for hydroxylation is 1. The molecule has 2 heterocycles. The first-order chi connectivity index (χ1) is 16.4. The van der Waals surface area contributed by atoms with E-state index in [1.54, 1.807) is 19.2 Å². The molecular weight excluding hydrogens is 456 g/mol. The number of amides is 1. The van der Waals surface area contributed by atoms with E-state index in [9.17, 15) is 14.9 Å².